The summed E-state index contributed by atoms with van der Waals surface area (Å²) in [6.45, 7) is 7.69. The van der Waals surface area contributed by atoms with Gasteiger partial charge in [0.05, 0.1) is 17.0 Å². The first kappa shape index (κ1) is 26.4. The Labute approximate surface area is 220 Å². The number of allylic oxidation sites excluding steroid dienone is 1. The standard InChI is InChI=1S/C31H27F3N4/c1-6-22-10-12-23(13-11-22)20-38-16-8-9-28(38)25-17-29(30(36-19-25)21(3)31(32,33)34)37(5)26-15-14-24(7-2)27(18-26)35-4/h1,7-19,35H,2-3,20H2,4-5H3. The number of terminal acetylenes is 1. The lowest BCUT2D eigenvalue weighted by molar-refractivity contribution is -0.0688. The molecule has 38 heavy (non-hydrogen) atoms. The molecule has 4 aromatic rings. The average molecular weight is 513 g/mol. The van der Waals surface area contributed by atoms with Crippen molar-refractivity contribution in [3.05, 3.63) is 109 Å². The number of anilines is 3. The molecule has 0 spiro atoms. The molecule has 2 heterocycles. The maximum atomic E-state index is 13.7. The van der Waals surface area contributed by atoms with Crippen LogP contribution < -0.4 is 10.2 Å². The van der Waals surface area contributed by atoms with Crippen LogP contribution in [0, 0.1) is 12.3 Å². The number of halogens is 3. The SMILES string of the molecule is C#Cc1ccc(Cn2cccc2-c2cnc(C(=C)C(F)(F)F)c(N(C)c3ccc(C=C)c(NC)c3)c2)cc1. The van der Waals surface area contributed by atoms with E-state index >= 15 is 0 Å². The quantitative estimate of drug-likeness (QED) is 0.247. The van der Waals surface area contributed by atoms with Gasteiger partial charge >= 0.3 is 6.18 Å². The van der Waals surface area contributed by atoms with Crippen LogP contribution in [0.25, 0.3) is 22.9 Å². The molecule has 0 saturated heterocycles. The molecule has 0 aliphatic rings. The third-order valence-corrected chi connectivity index (χ3v) is 6.37. The lowest BCUT2D eigenvalue weighted by Crippen LogP contribution is -2.17. The molecule has 0 aliphatic heterocycles. The molecule has 0 aliphatic carbocycles. The van der Waals surface area contributed by atoms with Crippen molar-refractivity contribution in [2.75, 3.05) is 24.3 Å². The minimum Gasteiger partial charge on any atom is -0.388 e. The van der Waals surface area contributed by atoms with E-state index in [9.17, 15) is 13.2 Å². The predicted molar refractivity (Wildman–Crippen MR) is 150 cm³/mol. The zero-order valence-corrected chi connectivity index (χ0v) is 21.2. The van der Waals surface area contributed by atoms with Crippen molar-refractivity contribution in [1.82, 2.24) is 9.55 Å². The van der Waals surface area contributed by atoms with Gasteiger partial charge in [-0.2, -0.15) is 13.2 Å². The van der Waals surface area contributed by atoms with Crippen LogP contribution in [-0.4, -0.2) is 29.8 Å². The van der Waals surface area contributed by atoms with E-state index in [4.69, 9.17) is 6.42 Å². The summed E-state index contributed by atoms with van der Waals surface area (Å²) in [5.41, 5.74) is 4.72. The normalized spacial score (nSPS) is 11.1. The summed E-state index contributed by atoms with van der Waals surface area (Å²) in [5.74, 6) is 2.60. The molecule has 0 radical (unpaired) electrons. The third-order valence-electron chi connectivity index (χ3n) is 6.37. The third kappa shape index (κ3) is 5.35. The van der Waals surface area contributed by atoms with Gasteiger partial charge in [-0.25, -0.2) is 0 Å². The molecule has 1 N–H and O–H groups in total. The minimum absolute atomic E-state index is 0.231. The monoisotopic (exact) mass is 512 g/mol. The molecule has 4 rings (SSSR count). The highest BCUT2D eigenvalue weighted by Gasteiger charge is 2.36. The van der Waals surface area contributed by atoms with Gasteiger partial charge < -0.3 is 14.8 Å². The number of rotatable bonds is 8. The number of benzene rings is 2. The Bertz CT molecular complexity index is 1520. The Morgan fingerprint density at radius 3 is 2.53 bits per heavy atom. The fourth-order valence-corrected chi connectivity index (χ4v) is 4.22. The van der Waals surface area contributed by atoms with Crippen LogP contribution in [0.2, 0.25) is 0 Å². The van der Waals surface area contributed by atoms with Crippen LogP contribution in [-0.2, 0) is 6.54 Å². The zero-order valence-electron chi connectivity index (χ0n) is 21.2. The second-order valence-electron chi connectivity index (χ2n) is 8.72. The Kier molecular flexibility index (Phi) is 7.45. The van der Waals surface area contributed by atoms with Crippen LogP contribution in [0.15, 0.2) is 86.2 Å². The first-order valence-corrected chi connectivity index (χ1v) is 11.8. The Morgan fingerprint density at radius 1 is 1.16 bits per heavy atom. The maximum Gasteiger partial charge on any atom is 0.417 e. The predicted octanol–water partition coefficient (Wildman–Crippen LogP) is 7.61. The van der Waals surface area contributed by atoms with Gasteiger partial charge in [-0.15, -0.1) is 6.42 Å². The highest BCUT2D eigenvalue weighted by atomic mass is 19.4. The van der Waals surface area contributed by atoms with Gasteiger partial charge in [0, 0.05) is 61.2 Å². The molecule has 4 nitrogen and oxygen atoms in total. The number of aromatic nitrogens is 2. The molecule has 2 aromatic heterocycles. The number of alkyl halides is 3. The van der Waals surface area contributed by atoms with Crippen molar-refractivity contribution in [2.24, 2.45) is 0 Å². The van der Waals surface area contributed by atoms with E-state index in [-0.39, 0.29) is 11.4 Å². The molecule has 0 saturated carbocycles. The first-order valence-electron chi connectivity index (χ1n) is 11.8. The maximum absolute atomic E-state index is 13.7. The lowest BCUT2D eigenvalue weighted by Gasteiger charge is -2.25. The smallest absolute Gasteiger partial charge is 0.388 e. The van der Waals surface area contributed by atoms with Crippen molar-refractivity contribution < 1.29 is 13.2 Å². The summed E-state index contributed by atoms with van der Waals surface area (Å²) in [7, 11) is 3.49. The summed E-state index contributed by atoms with van der Waals surface area (Å²) >= 11 is 0. The van der Waals surface area contributed by atoms with Gasteiger partial charge in [0.2, 0.25) is 0 Å². The highest BCUT2D eigenvalue weighted by molar-refractivity contribution is 5.83. The van der Waals surface area contributed by atoms with Crippen molar-refractivity contribution in [3.63, 3.8) is 0 Å². The molecule has 0 amide bonds. The summed E-state index contributed by atoms with van der Waals surface area (Å²) in [6, 6.07) is 18.7. The van der Waals surface area contributed by atoms with E-state index in [1.54, 1.807) is 31.1 Å². The number of nitrogens with zero attached hydrogens (tertiary/aromatic N) is 3. The summed E-state index contributed by atoms with van der Waals surface area (Å²) in [5, 5.41) is 3.10. The molecule has 0 unspecified atom stereocenters. The fourth-order valence-electron chi connectivity index (χ4n) is 4.22. The van der Waals surface area contributed by atoms with Gasteiger partial charge in [0.1, 0.15) is 0 Å². The van der Waals surface area contributed by atoms with Crippen LogP contribution in [0.4, 0.5) is 30.2 Å². The minimum atomic E-state index is -4.63. The number of hydrogen-bond acceptors (Lipinski definition) is 3. The second kappa shape index (κ2) is 10.7. The van der Waals surface area contributed by atoms with Gasteiger partial charge in [0.25, 0.3) is 0 Å². The molecular formula is C31H27F3N4. The highest BCUT2D eigenvalue weighted by Crippen LogP contribution is 2.40. The van der Waals surface area contributed by atoms with Gasteiger partial charge in [0.15, 0.2) is 0 Å². The molecule has 192 valence electrons. The van der Waals surface area contributed by atoms with Crippen molar-refractivity contribution >= 4 is 28.7 Å². The van der Waals surface area contributed by atoms with Crippen LogP contribution >= 0.6 is 0 Å². The molecular weight excluding hydrogens is 485 g/mol. The van der Waals surface area contributed by atoms with Gasteiger partial charge in [-0.3, -0.25) is 4.98 Å². The lowest BCUT2D eigenvalue weighted by atomic mass is 10.1. The van der Waals surface area contributed by atoms with Gasteiger partial charge in [-0.1, -0.05) is 43.4 Å². The number of pyridine rings is 1. The number of nitrogens with one attached hydrogen (secondary N) is 1. The first-order chi connectivity index (χ1) is 18.2. The molecule has 0 fully saturated rings. The van der Waals surface area contributed by atoms with E-state index in [1.165, 1.54) is 6.20 Å². The topological polar surface area (TPSA) is 33.1 Å². The van der Waals surface area contributed by atoms with E-state index in [1.807, 2.05) is 65.4 Å². The molecule has 7 heteroatoms. The van der Waals surface area contributed by atoms with Crippen molar-refractivity contribution in [2.45, 2.75) is 12.7 Å². The summed E-state index contributed by atoms with van der Waals surface area (Å²) < 4.78 is 43.2. The van der Waals surface area contributed by atoms with E-state index in [0.29, 0.717) is 17.8 Å². The Morgan fingerprint density at radius 2 is 1.89 bits per heavy atom. The van der Waals surface area contributed by atoms with Gasteiger partial charge in [-0.05, 0) is 53.6 Å². The summed E-state index contributed by atoms with van der Waals surface area (Å²) in [4.78, 5) is 5.95. The second-order valence-corrected chi connectivity index (χ2v) is 8.72. The molecule has 0 bridgehead atoms. The fraction of sp³-hybridized carbons (Fsp3) is 0.129. The van der Waals surface area contributed by atoms with Crippen LogP contribution in [0.5, 0.6) is 0 Å². The van der Waals surface area contributed by atoms with Crippen LogP contribution in [0.1, 0.15) is 22.4 Å². The average Bonchev–Trinajstić information content (AvgIpc) is 3.39. The largest absolute Gasteiger partial charge is 0.417 e. The van der Waals surface area contributed by atoms with Crippen molar-refractivity contribution in [3.8, 4) is 23.6 Å². The Balaban J connectivity index is 1.79. The molecule has 2 aromatic carbocycles. The van der Waals surface area contributed by atoms with E-state index in [2.05, 4.69) is 29.4 Å². The zero-order chi connectivity index (χ0) is 27.4. The molecule has 0 atom stereocenters. The summed E-state index contributed by atoms with van der Waals surface area (Å²) in [6.07, 6.45) is 5.92. The Hall–Kier alpha value is -4.70. The van der Waals surface area contributed by atoms with E-state index < -0.39 is 11.7 Å². The number of hydrogen-bond donors (Lipinski definition) is 1. The van der Waals surface area contributed by atoms with Crippen molar-refractivity contribution in [1.29, 1.82) is 0 Å². The van der Waals surface area contributed by atoms with E-state index in [0.717, 1.165) is 28.1 Å². The van der Waals surface area contributed by atoms with Crippen LogP contribution in [0.3, 0.4) is 0 Å².